The fraction of sp³-hybridized carbons (Fsp3) is 0.667. The zero-order chi connectivity index (χ0) is 11.5. The molecule has 1 heterocycles. The summed E-state index contributed by atoms with van der Waals surface area (Å²) >= 11 is 0. The smallest absolute Gasteiger partial charge is 0.117 e. The van der Waals surface area contributed by atoms with Crippen molar-refractivity contribution in [1.82, 2.24) is 5.32 Å². The Morgan fingerprint density at radius 3 is 2.94 bits per heavy atom. The molecule has 0 saturated carbocycles. The van der Waals surface area contributed by atoms with E-state index < -0.39 is 0 Å². The van der Waals surface area contributed by atoms with Crippen LogP contribution in [0.25, 0.3) is 0 Å². The summed E-state index contributed by atoms with van der Waals surface area (Å²) in [6.07, 6.45) is 3.89. The van der Waals surface area contributed by atoms with Crippen LogP contribution in [0.1, 0.15) is 18.6 Å². The molecule has 92 valence electrons. The minimum Gasteiger partial charge on any atom is -0.468 e. The Bertz CT molecular complexity index is 236. The lowest BCUT2D eigenvalue weighted by Crippen LogP contribution is -2.15. The summed E-state index contributed by atoms with van der Waals surface area (Å²) in [5.74, 6) is 0.983. The number of nitrogens with one attached hydrogen (secondary N) is 1. The van der Waals surface area contributed by atoms with Gasteiger partial charge in [-0.25, -0.2) is 0 Å². The highest BCUT2D eigenvalue weighted by Gasteiger charge is 1.94. The van der Waals surface area contributed by atoms with E-state index >= 15 is 0 Å². The first-order valence-corrected chi connectivity index (χ1v) is 5.73. The normalized spacial score (nSPS) is 10.8. The van der Waals surface area contributed by atoms with Gasteiger partial charge in [-0.1, -0.05) is 0 Å². The lowest BCUT2D eigenvalue weighted by Gasteiger charge is -2.04. The van der Waals surface area contributed by atoms with Crippen molar-refractivity contribution in [3.63, 3.8) is 0 Å². The summed E-state index contributed by atoms with van der Waals surface area (Å²) in [7, 11) is 1.68. The maximum absolute atomic E-state index is 5.36. The van der Waals surface area contributed by atoms with Crippen LogP contribution in [-0.2, 0) is 16.0 Å². The van der Waals surface area contributed by atoms with Gasteiger partial charge in [-0.3, -0.25) is 0 Å². The molecule has 0 amide bonds. The van der Waals surface area contributed by atoms with Crippen molar-refractivity contribution in [3.05, 3.63) is 24.2 Å². The lowest BCUT2D eigenvalue weighted by atomic mass is 10.3. The van der Waals surface area contributed by atoms with E-state index in [4.69, 9.17) is 13.9 Å². The van der Waals surface area contributed by atoms with Gasteiger partial charge in [0, 0.05) is 13.7 Å². The summed E-state index contributed by atoms with van der Waals surface area (Å²) in [4.78, 5) is 0. The quantitative estimate of drug-likeness (QED) is 0.619. The Balaban J connectivity index is 1.78. The average Bonchev–Trinajstić information content (AvgIpc) is 2.80. The van der Waals surface area contributed by atoms with E-state index in [0.717, 1.165) is 38.3 Å². The highest BCUT2D eigenvalue weighted by Crippen LogP contribution is 1.98. The molecule has 4 heteroatoms. The molecule has 1 aromatic heterocycles. The first-order valence-electron chi connectivity index (χ1n) is 5.73. The van der Waals surface area contributed by atoms with Gasteiger partial charge in [0.25, 0.3) is 0 Å². The van der Waals surface area contributed by atoms with E-state index in [1.807, 2.05) is 12.1 Å². The van der Waals surface area contributed by atoms with Crippen LogP contribution in [0.3, 0.4) is 0 Å². The van der Waals surface area contributed by atoms with E-state index in [-0.39, 0.29) is 0 Å². The molecule has 16 heavy (non-hydrogen) atoms. The van der Waals surface area contributed by atoms with Crippen LogP contribution in [0, 0.1) is 0 Å². The van der Waals surface area contributed by atoms with Crippen LogP contribution < -0.4 is 5.32 Å². The predicted molar refractivity (Wildman–Crippen MR) is 62.3 cm³/mol. The van der Waals surface area contributed by atoms with Gasteiger partial charge in [-0.05, 0) is 31.5 Å². The Morgan fingerprint density at radius 1 is 1.25 bits per heavy atom. The second-order valence-electron chi connectivity index (χ2n) is 3.57. The molecular formula is C12H21NO3. The van der Waals surface area contributed by atoms with Crippen LogP contribution in [0.15, 0.2) is 22.8 Å². The molecule has 1 N–H and O–H groups in total. The molecule has 0 unspecified atom stereocenters. The van der Waals surface area contributed by atoms with Gasteiger partial charge >= 0.3 is 0 Å². The molecule has 0 radical (unpaired) electrons. The second-order valence-corrected chi connectivity index (χ2v) is 3.57. The van der Waals surface area contributed by atoms with Crippen molar-refractivity contribution in [2.45, 2.75) is 19.4 Å². The highest BCUT2D eigenvalue weighted by atomic mass is 16.5. The summed E-state index contributed by atoms with van der Waals surface area (Å²) < 4.78 is 15.4. The van der Waals surface area contributed by atoms with Crippen molar-refractivity contribution in [3.8, 4) is 0 Å². The van der Waals surface area contributed by atoms with Gasteiger partial charge in [-0.15, -0.1) is 0 Å². The Morgan fingerprint density at radius 2 is 2.19 bits per heavy atom. The monoisotopic (exact) mass is 227 g/mol. The summed E-state index contributed by atoms with van der Waals surface area (Å²) in [5.41, 5.74) is 0. The van der Waals surface area contributed by atoms with Crippen molar-refractivity contribution < 1.29 is 13.9 Å². The number of methoxy groups -OCH3 is 1. The second kappa shape index (κ2) is 9.39. The molecule has 0 bridgehead atoms. The molecule has 0 aliphatic carbocycles. The molecule has 4 nitrogen and oxygen atoms in total. The molecule has 1 aromatic rings. The van der Waals surface area contributed by atoms with Crippen molar-refractivity contribution in [1.29, 1.82) is 0 Å². The zero-order valence-electron chi connectivity index (χ0n) is 9.91. The lowest BCUT2D eigenvalue weighted by molar-refractivity contribution is 0.0688. The average molecular weight is 227 g/mol. The van der Waals surface area contributed by atoms with Crippen molar-refractivity contribution in [2.24, 2.45) is 0 Å². The first kappa shape index (κ1) is 13.2. The van der Waals surface area contributed by atoms with Gasteiger partial charge in [0.2, 0.25) is 0 Å². The minimum absolute atomic E-state index is 0.677. The van der Waals surface area contributed by atoms with Crippen LogP contribution >= 0.6 is 0 Å². The van der Waals surface area contributed by atoms with E-state index in [2.05, 4.69) is 5.32 Å². The number of hydrogen-bond donors (Lipinski definition) is 1. The maximum atomic E-state index is 5.36. The van der Waals surface area contributed by atoms with Crippen LogP contribution in [0.2, 0.25) is 0 Å². The van der Waals surface area contributed by atoms with Crippen molar-refractivity contribution in [2.75, 3.05) is 33.5 Å². The highest BCUT2D eigenvalue weighted by molar-refractivity contribution is 4.97. The molecule has 1 rings (SSSR count). The van der Waals surface area contributed by atoms with Gasteiger partial charge in [0.05, 0.1) is 26.0 Å². The zero-order valence-corrected chi connectivity index (χ0v) is 9.91. The van der Waals surface area contributed by atoms with E-state index in [1.165, 1.54) is 0 Å². The SMILES string of the molecule is COCCOCCCCNCc1ccco1. The van der Waals surface area contributed by atoms with E-state index in [9.17, 15) is 0 Å². The fourth-order valence-corrected chi connectivity index (χ4v) is 1.32. The fourth-order valence-electron chi connectivity index (χ4n) is 1.32. The third-order valence-corrected chi connectivity index (χ3v) is 2.20. The third-order valence-electron chi connectivity index (χ3n) is 2.20. The number of furan rings is 1. The summed E-state index contributed by atoms with van der Waals surface area (Å²) in [6.45, 7) is 3.98. The largest absolute Gasteiger partial charge is 0.468 e. The molecular weight excluding hydrogens is 206 g/mol. The van der Waals surface area contributed by atoms with Crippen LogP contribution in [-0.4, -0.2) is 33.5 Å². The molecule has 0 aliphatic heterocycles. The topological polar surface area (TPSA) is 43.6 Å². The van der Waals surface area contributed by atoms with Gasteiger partial charge in [0.1, 0.15) is 5.76 Å². The molecule has 0 fully saturated rings. The first-order chi connectivity index (χ1) is 7.93. The summed E-state index contributed by atoms with van der Waals surface area (Å²) in [6, 6.07) is 3.88. The number of unbranched alkanes of at least 4 members (excludes halogenated alkanes) is 1. The van der Waals surface area contributed by atoms with Crippen molar-refractivity contribution >= 4 is 0 Å². The standard InChI is InChI=1S/C12H21NO3/c1-14-9-10-15-7-3-2-6-13-11-12-5-4-8-16-12/h4-5,8,13H,2-3,6-7,9-11H2,1H3. The molecule has 0 spiro atoms. The van der Waals surface area contributed by atoms with E-state index in [1.54, 1.807) is 13.4 Å². The number of rotatable bonds is 10. The minimum atomic E-state index is 0.677. The molecule has 0 aliphatic rings. The number of ether oxygens (including phenoxy) is 2. The van der Waals surface area contributed by atoms with E-state index in [0.29, 0.717) is 13.2 Å². The molecule has 0 saturated heterocycles. The number of hydrogen-bond acceptors (Lipinski definition) is 4. The van der Waals surface area contributed by atoms with Crippen LogP contribution in [0.4, 0.5) is 0 Å². The van der Waals surface area contributed by atoms with Crippen LogP contribution in [0.5, 0.6) is 0 Å². The Hall–Kier alpha value is -0.840. The van der Waals surface area contributed by atoms with Gasteiger partial charge in [0.15, 0.2) is 0 Å². The summed E-state index contributed by atoms with van der Waals surface area (Å²) in [5, 5.41) is 3.32. The third kappa shape index (κ3) is 6.61. The maximum Gasteiger partial charge on any atom is 0.117 e. The predicted octanol–water partition coefficient (Wildman–Crippen LogP) is 1.81. The molecule has 0 atom stereocenters. The Kier molecular flexibility index (Phi) is 7.76. The van der Waals surface area contributed by atoms with Gasteiger partial charge < -0.3 is 19.2 Å². The van der Waals surface area contributed by atoms with Gasteiger partial charge in [-0.2, -0.15) is 0 Å². The molecule has 0 aromatic carbocycles. The Labute approximate surface area is 96.9 Å².